The first-order chi connectivity index (χ1) is 8.69. The smallest absolute Gasteiger partial charge is 0.196 e. The van der Waals surface area contributed by atoms with Crippen molar-refractivity contribution in [1.82, 2.24) is 5.32 Å². The van der Waals surface area contributed by atoms with E-state index < -0.39 is 0 Å². The van der Waals surface area contributed by atoms with Crippen LogP contribution in [-0.2, 0) is 11.2 Å². The van der Waals surface area contributed by atoms with Crippen LogP contribution >= 0.6 is 15.9 Å². The number of nitrogens with one attached hydrogen (secondary N) is 1. The minimum Gasteiger partial charge on any atom is -0.465 e. The van der Waals surface area contributed by atoms with Gasteiger partial charge in [0.25, 0.3) is 0 Å². The molecule has 0 bridgehead atoms. The summed E-state index contributed by atoms with van der Waals surface area (Å²) in [6, 6.07) is 6.13. The van der Waals surface area contributed by atoms with Crippen molar-refractivity contribution in [3.05, 3.63) is 28.2 Å². The number of benzene rings is 1. The Morgan fingerprint density at radius 2 is 2.33 bits per heavy atom. The van der Waals surface area contributed by atoms with Crippen molar-refractivity contribution in [3.63, 3.8) is 0 Å². The fraction of sp³-hybridized carbons (Fsp3) is 0.571. The molecule has 1 aromatic rings. The molecule has 0 amide bonds. The van der Waals surface area contributed by atoms with Gasteiger partial charge in [0.15, 0.2) is 6.29 Å². The van der Waals surface area contributed by atoms with Gasteiger partial charge in [-0.05, 0) is 62.5 Å². The summed E-state index contributed by atoms with van der Waals surface area (Å²) in [6.07, 6.45) is 2.13. The number of hydrogen-bond donors (Lipinski definition) is 1. The molecular formula is C14H20BrNO2. The molecule has 2 atom stereocenters. The van der Waals surface area contributed by atoms with E-state index in [0.29, 0.717) is 0 Å². The summed E-state index contributed by atoms with van der Waals surface area (Å²) < 4.78 is 11.9. The Labute approximate surface area is 117 Å². The summed E-state index contributed by atoms with van der Waals surface area (Å²) in [4.78, 5) is 0. The molecule has 1 heterocycles. The summed E-state index contributed by atoms with van der Waals surface area (Å²) in [6.45, 7) is 4.15. The van der Waals surface area contributed by atoms with E-state index in [1.54, 1.807) is 7.11 Å². The second-order valence-electron chi connectivity index (χ2n) is 4.74. The SMILES string of the molecule is COC(C)Oc1ccc(Br)c(CC2CCNC2)c1. The summed E-state index contributed by atoms with van der Waals surface area (Å²) in [5, 5.41) is 3.40. The monoisotopic (exact) mass is 313 g/mol. The molecule has 4 heteroatoms. The first-order valence-electron chi connectivity index (χ1n) is 6.37. The molecule has 0 aliphatic carbocycles. The first-order valence-corrected chi connectivity index (χ1v) is 7.17. The maximum Gasteiger partial charge on any atom is 0.196 e. The van der Waals surface area contributed by atoms with E-state index in [9.17, 15) is 0 Å². The van der Waals surface area contributed by atoms with Gasteiger partial charge < -0.3 is 14.8 Å². The Kier molecular flexibility index (Phi) is 5.03. The van der Waals surface area contributed by atoms with E-state index in [4.69, 9.17) is 9.47 Å². The van der Waals surface area contributed by atoms with Gasteiger partial charge in [0.2, 0.25) is 0 Å². The molecule has 1 aromatic carbocycles. The second kappa shape index (κ2) is 6.55. The van der Waals surface area contributed by atoms with E-state index in [2.05, 4.69) is 33.4 Å². The van der Waals surface area contributed by atoms with Crippen molar-refractivity contribution >= 4 is 15.9 Å². The minimum atomic E-state index is -0.216. The van der Waals surface area contributed by atoms with E-state index in [-0.39, 0.29) is 6.29 Å². The Bertz CT molecular complexity index is 391. The molecule has 100 valence electrons. The standard InChI is InChI=1S/C14H20BrNO2/c1-10(17-2)18-13-3-4-14(15)12(8-13)7-11-5-6-16-9-11/h3-4,8,10-11,16H,5-7,9H2,1-2H3. The number of methoxy groups -OCH3 is 1. The van der Waals surface area contributed by atoms with E-state index in [1.807, 2.05) is 13.0 Å². The highest BCUT2D eigenvalue weighted by Gasteiger charge is 2.16. The van der Waals surface area contributed by atoms with Crippen molar-refractivity contribution in [1.29, 1.82) is 0 Å². The van der Waals surface area contributed by atoms with Crippen molar-refractivity contribution < 1.29 is 9.47 Å². The number of hydrogen-bond acceptors (Lipinski definition) is 3. The number of ether oxygens (including phenoxy) is 2. The molecule has 1 aliphatic heterocycles. The van der Waals surface area contributed by atoms with E-state index in [1.165, 1.54) is 12.0 Å². The van der Waals surface area contributed by atoms with Crippen LogP contribution in [0, 0.1) is 5.92 Å². The molecule has 18 heavy (non-hydrogen) atoms. The average Bonchev–Trinajstić information content (AvgIpc) is 2.86. The lowest BCUT2D eigenvalue weighted by atomic mass is 9.98. The second-order valence-corrected chi connectivity index (χ2v) is 5.59. The topological polar surface area (TPSA) is 30.5 Å². The maximum absolute atomic E-state index is 5.66. The minimum absolute atomic E-state index is 0.216. The van der Waals surface area contributed by atoms with Crippen molar-refractivity contribution in [2.75, 3.05) is 20.2 Å². The van der Waals surface area contributed by atoms with Crippen LogP contribution in [0.5, 0.6) is 5.75 Å². The fourth-order valence-corrected chi connectivity index (χ4v) is 2.63. The van der Waals surface area contributed by atoms with Crippen LogP contribution in [0.4, 0.5) is 0 Å². The van der Waals surface area contributed by atoms with Crippen LogP contribution in [0.15, 0.2) is 22.7 Å². The molecule has 1 N–H and O–H groups in total. The van der Waals surface area contributed by atoms with E-state index in [0.717, 1.165) is 35.7 Å². The predicted octanol–water partition coefficient (Wildman–Crippen LogP) is 2.97. The van der Waals surface area contributed by atoms with Gasteiger partial charge in [-0.3, -0.25) is 0 Å². The quantitative estimate of drug-likeness (QED) is 0.848. The molecule has 1 saturated heterocycles. The van der Waals surface area contributed by atoms with Crippen LogP contribution in [0.25, 0.3) is 0 Å². The van der Waals surface area contributed by atoms with Crippen LogP contribution in [0.1, 0.15) is 18.9 Å². The molecular weight excluding hydrogens is 294 g/mol. The molecule has 0 aromatic heterocycles. The average molecular weight is 314 g/mol. The molecule has 0 radical (unpaired) electrons. The van der Waals surface area contributed by atoms with Crippen molar-refractivity contribution in [3.8, 4) is 5.75 Å². The Balaban J connectivity index is 2.05. The lowest BCUT2D eigenvalue weighted by Crippen LogP contribution is -2.14. The third-order valence-corrected chi connectivity index (χ3v) is 4.10. The van der Waals surface area contributed by atoms with Gasteiger partial charge >= 0.3 is 0 Å². The van der Waals surface area contributed by atoms with Gasteiger partial charge in [-0.25, -0.2) is 0 Å². The molecule has 1 fully saturated rings. The Morgan fingerprint density at radius 3 is 3.00 bits per heavy atom. The summed E-state index contributed by atoms with van der Waals surface area (Å²) >= 11 is 3.61. The highest BCUT2D eigenvalue weighted by molar-refractivity contribution is 9.10. The Morgan fingerprint density at radius 1 is 1.50 bits per heavy atom. The highest BCUT2D eigenvalue weighted by Crippen LogP contribution is 2.27. The van der Waals surface area contributed by atoms with Gasteiger partial charge in [0.05, 0.1) is 0 Å². The Hall–Kier alpha value is -0.580. The third-order valence-electron chi connectivity index (χ3n) is 3.32. The van der Waals surface area contributed by atoms with Gasteiger partial charge in [0.1, 0.15) is 5.75 Å². The van der Waals surface area contributed by atoms with E-state index >= 15 is 0 Å². The predicted molar refractivity (Wildman–Crippen MR) is 75.9 cm³/mol. The fourth-order valence-electron chi connectivity index (χ4n) is 2.22. The number of halogens is 1. The van der Waals surface area contributed by atoms with Crippen LogP contribution in [0.2, 0.25) is 0 Å². The van der Waals surface area contributed by atoms with Gasteiger partial charge in [0, 0.05) is 11.6 Å². The molecule has 3 nitrogen and oxygen atoms in total. The molecule has 2 rings (SSSR count). The summed E-state index contributed by atoms with van der Waals surface area (Å²) in [5.41, 5.74) is 1.31. The maximum atomic E-state index is 5.66. The van der Waals surface area contributed by atoms with Gasteiger partial charge in [-0.15, -0.1) is 0 Å². The zero-order valence-electron chi connectivity index (χ0n) is 10.9. The molecule has 1 aliphatic rings. The lowest BCUT2D eigenvalue weighted by Gasteiger charge is -2.15. The summed E-state index contributed by atoms with van der Waals surface area (Å²) in [5.74, 6) is 1.60. The van der Waals surface area contributed by atoms with Crippen molar-refractivity contribution in [2.24, 2.45) is 5.92 Å². The highest BCUT2D eigenvalue weighted by atomic mass is 79.9. The normalized spacial score (nSPS) is 20.9. The van der Waals surface area contributed by atoms with Crippen molar-refractivity contribution in [2.45, 2.75) is 26.1 Å². The molecule has 0 saturated carbocycles. The third kappa shape index (κ3) is 3.70. The van der Waals surface area contributed by atoms with Crippen LogP contribution < -0.4 is 10.1 Å². The molecule has 0 spiro atoms. The van der Waals surface area contributed by atoms with Gasteiger partial charge in [-0.1, -0.05) is 15.9 Å². The first kappa shape index (κ1) is 13.8. The van der Waals surface area contributed by atoms with Crippen LogP contribution in [-0.4, -0.2) is 26.5 Å². The zero-order chi connectivity index (χ0) is 13.0. The molecule has 2 unspecified atom stereocenters. The zero-order valence-corrected chi connectivity index (χ0v) is 12.5. The largest absolute Gasteiger partial charge is 0.465 e. The lowest BCUT2D eigenvalue weighted by molar-refractivity contribution is -0.0383. The summed E-state index contributed by atoms with van der Waals surface area (Å²) in [7, 11) is 1.65. The number of rotatable bonds is 5. The van der Waals surface area contributed by atoms with Gasteiger partial charge in [-0.2, -0.15) is 0 Å². The van der Waals surface area contributed by atoms with Crippen LogP contribution in [0.3, 0.4) is 0 Å².